The number of Topliss-reactive ketones (excluding diaryl/α,β-unsaturated/α-hetero) is 1. The van der Waals surface area contributed by atoms with Gasteiger partial charge in [-0.3, -0.25) is 9.59 Å². The number of amides is 1. The van der Waals surface area contributed by atoms with Crippen molar-refractivity contribution in [3.8, 4) is 0 Å². The first-order chi connectivity index (χ1) is 13.0. The second-order valence-corrected chi connectivity index (χ2v) is 8.37. The third-order valence-corrected chi connectivity index (χ3v) is 6.14. The molecule has 1 aromatic rings. The number of piperidine rings is 1. The molecule has 3 atom stereocenters. The van der Waals surface area contributed by atoms with Gasteiger partial charge in [0.1, 0.15) is 5.78 Å². The van der Waals surface area contributed by atoms with Crippen molar-refractivity contribution in [3.63, 3.8) is 0 Å². The number of likely N-dealkylation sites (tertiary alicyclic amines) is 1. The maximum Gasteiger partial charge on any atom is 0.250 e. The number of pyridine rings is 1. The minimum atomic E-state index is -0.0442. The van der Waals surface area contributed by atoms with E-state index in [2.05, 4.69) is 6.92 Å². The first-order valence-electron chi connectivity index (χ1n) is 10.5. The lowest BCUT2D eigenvalue weighted by Crippen LogP contribution is -2.50. The summed E-state index contributed by atoms with van der Waals surface area (Å²) in [7, 11) is 0. The third kappa shape index (κ3) is 4.69. The summed E-state index contributed by atoms with van der Waals surface area (Å²) in [5, 5.41) is 0. The molecule has 1 fully saturated rings. The van der Waals surface area contributed by atoms with Crippen LogP contribution in [-0.2, 0) is 16.1 Å². The van der Waals surface area contributed by atoms with E-state index in [9.17, 15) is 14.4 Å². The maximum atomic E-state index is 13.3. The van der Waals surface area contributed by atoms with E-state index in [-0.39, 0.29) is 29.1 Å². The molecule has 2 bridgehead atoms. The molecular weight excluding hydrogens is 340 g/mol. The van der Waals surface area contributed by atoms with Gasteiger partial charge in [-0.2, -0.15) is 0 Å². The Hall–Kier alpha value is -1.91. The fraction of sp³-hybridized carbons (Fsp3) is 0.682. The number of fused-ring (bicyclic) bond motifs is 4. The van der Waals surface area contributed by atoms with Crippen LogP contribution in [0.15, 0.2) is 23.0 Å². The van der Waals surface area contributed by atoms with Gasteiger partial charge >= 0.3 is 0 Å². The average Bonchev–Trinajstić information content (AvgIpc) is 2.64. The molecule has 27 heavy (non-hydrogen) atoms. The van der Waals surface area contributed by atoms with Crippen LogP contribution >= 0.6 is 0 Å². The highest BCUT2D eigenvalue weighted by atomic mass is 16.2. The highest BCUT2D eigenvalue weighted by Crippen LogP contribution is 2.36. The molecule has 0 N–H and O–H groups in total. The van der Waals surface area contributed by atoms with E-state index in [0.717, 1.165) is 44.3 Å². The molecule has 5 nitrogen and oxygen atoms in total. The van der Waals surface area contributed by atoms with Crippen LogP contribution in [-0.4, -0.2) is 34.2 Å². The second kappa shape index (κ2) is 8.85. The summed E-state index contributed by atoms with van der Waals surface area (Å²) >= 11 is 0. The number of hydrogen-bond donors (Lipinski definition) is 0. The Labute approximate surface area is 161 Å². The van der Waals surface area contributed by atoms with Gasteiger partial charge in [-0.25, -0.2) is 0 Å². The molecular formula is C22H32N2O3. The van der Waals surface area contributed by atoms with Crippen LogP contribution in [0, 0.1) is 11.8 Å². The minimum Gasteiger partial charge on any atom is -0.341 e. The Morgan fingerprint density at radius 1 is 1.15 bits per heavy atom. The van der Waals surface area contributed by atoms with Gasteiger partial charge in [-0.05, 0) is 38.2 Å². The van der Waals surface area contributed by atoms with Gasteiger partial charge in [-0.15, -0.1) is 0 Å². The summed E-state index contributed by atoms with van der Waals surface area (Å²) in [5.74, 6) is 0.932. The van der Waals surface area contributed by atoms with E-state index in [1.54, 1.807) is 13.0 Å². The van der Waals surface area contributed by atoms with Crippen molar-refractivity contribution in [2.45, 2.75) is 71.3 Å². The number of rotatable bonds is 8. The van der Waals surface area contributed by atoms with E-state index >= 15 is 0 Å². The predicted octanol–water partition coefficient (Wildman–Crippen LogP) is 3.36. The Kier molecular flexibility index (Phi) is 6.51. The summed E-state index contributed by atoms with van der Waals surface area (Å²) < 4.78 is 1.90. The molecule has 0 unspecified atom stereocenters. The van der Waals surface area contributed by atoms with Gasteiger partial charge in [-0.1, -0.05) is 32.3 Å². The monoisotopic (exact) mass is 372 g/mol. The molecule has 2 aliphatic rings. The quantitative estimate of drug-likeness (QED) is 0.658. The predicted molar refractivity (Wildman–Crippen MR) is 106 cm³/mol. The number of carbonyl (C=O) groups excluding carboxylic acids is 2. The van der Waals surface area contributed by atoms with E-state index in [4.69, 9.17) is 0 Å². The number of aromatic nitrogens is 1. The van der Waals surface area contributed by atoms with Crippen molar-refractivity contribution in [2.75, 3.05) is 13.1 Å². The van der Waals surface area contributed by atoms with Crippen molar-refractivity contribution in [1.82, 2.24) is 9.47 Å². The number of unbranched alkanes of at least 4 members (excludes halogenated alkanes) is 2. The number of nitrogens with zero attached hydrogens (tertiary/aromatic N) is 2. The first-order valence-corrected chi connectivity index (χ1v) is 10.5. The second-order valence-electron chi connectivity index (χ2n) is 8.37. The lowest BCUT2D eigenvalue weighted by Gasteiger charge is -2.43. The summed E-state index contributed by atoms with van der Waals surface area (Å²) in [6.07, 6.45) is 6.40. The normalized spacial score (nSPS) is 22.2. The lowest BCUT2D eigenvalue weighted by molar-refractivity contribution is -0.139. The van der Waals surface area contributed by atoms with E-state index in [1.807, 2.05) is 21.6 Å². The molecule has 1 amide bonds. The average molecular weight is 373 g/mol. The smallest absolute Gasteiger partial charge is 0.250 e. The summed E-state index contributed by atoms with van der Waals surface area (Å²) in [5.41, 5.74) is 1.14. The van der Waals surface area contributed by atoms with Crippen LogP contribution in [0.4, 0.5) is 0 Å². The molecule has 0 radical (unpaired) electrons. The largest absolute Gasteiger partial charge is 0.341 e. The topological polar surface area (TPSA) is 59.4 Å². The highest BCUT2D eigenvalue weighted by molar-refractivity contribution is 5.81. The van der Waals surface area contributed by atoms with Gasteiger partial charge in [0.15, 0.2) is 0 Å². The standard InChI is InChI=1S/C22H32N2O3/c1-3-4-5-7-18(11-10-16(2)25)22(27)23-13-17-12-19(15-23)20-8-6-9-21(26)24(20)14-17/h6,8-9,17-19H,3-5,7,10-15H2,1-2H3/t17-,18+,19-/m0/s1. The molecule has 3 rings (SSSR count). The molecule has 1 aromatic heterocycles. The molecule has 5 heteroatoms. The SMILES string of the molecule is CCCCC[C@H](CCC(C)=O)C(=O)N1C[C@@H]2C[C@@H](C1)c1cccc(=O)n1C2. The molecule has 2 aliphatic heterocycles. The van der Waals surface area contributed by atoms with Crippen molar-refractivity contribution in [3.05, 3.63) is 34.2 Å². The summed E-state index contributed by atoms with van der Waals surface area (Å²) in [4.78, 5) is 38.9. The molecule has 0 spiro atoms. The highest BCUT2D eigenvalue weighted by Gasteiger charge is 2.37. The minimum absolute atomic E-state index is 0.0442. The molecule has 3 heterocycles. The first kappa shape index (κ1) is 19.8. The van der Waals surface area contributed by atoms with Crippen LogP contribution in [0.2, 0.25) is 0 Å². The van der Waals surface area contributed by atoms with Gasteiger partial charge in [0, 0.05) is 49.7 Å². The zero-order chi connectivity index (χ0) is 19.4. The van der Waals surface area contributed by atoms with E-state index < -0.39 is 0 Å². The Morgan fingerprint density at radius 3 is 2.70 bits per heavy atom. The molecule has 0 saturated carbocycles. The number of carbonyl (C=O) groups is 2. The van der Waals surface area contributed by atoms with Crippen LogP contribution in [0.3, 0.4) is 0 Å². The molecule has 1 saturated heterocycles. The van der Waals surface area contributed by atoms with Crippen LogP contribution in [0.5, 0.6) is 0 Å². The Balaban J connectivity index is 1.72. The molecule has 0 aromatic carbocycles. The summed E-state index contributed by atoms with van der Waals surface area (Å²) in [6, 6.07) is 5.49. The fourth-order valence-electron chi connectivity index (χ4n) is 4.74. The van der Waals surface area contributed by atoms with Crippen molar-refractivity contribution >= 4 is 11.7 Å². The Morgan fingerprint density at radius 2 is 1.96 bits per heavy atom. The maximum absolute atomic E-state index is 13.3. The van der Waals surface area contributed by atoms with Crippen molar-refractivity contribution in [1.29, 1.82) is 0 Å². The van der Waals surface area contributed by atoms with E-state index in [1.165, 1.54) is 0 Å². The van der Waals surface area contributed by atoms with Gasteiger partial charge in [0.25, 0.3) is 5.56 Å². The number of ketones is 1. The number of hydrogen-bond acceptors (Lipinski definition) is 3. The Bertz CT molecular complexity index is 739. The summed E-state index contributed by atoms with van der Waals surface area (Å²) in [6.45, 7) is 5.91. The van der Waals surface area contributed by atoms with Gasteiger partial charge < -0.3 is 14.3 Å². The van der Waals surface area contributed by atoms with Crippen LogP contribution in [0.25, 0.3) is 0 Å². The zero-order valence-corrected chi connectivity index (χ0v) is 16.7. The van der Waals surface area contributed by atoms with Gasteiger partial charge in [0.05, 0.1) is 0 Å². The zero-order valence-electron chi connectivity index (χ0n) is 16.7. The molecule has 0 aliphatic carbocycles. The fourth-order valence-corrected chi connectivity index (χ4v) is 4.74. The van der Waals surface area contributed by atoms with Crippen LogP contribution < -0.4 is 5.56 Å². The van der Waals surface area contributed by atoms with Gasteiger partial charge in [0.2, 0.25) is 5.91 Å². The molecule has 148 valence electrons. The van der Waals surface area contributed by atoms with E-state index in [0.29, 0.717) is 31.8 Å². The van der Waals surface area contributed by atoms with Crippen LogP contribution in [0.1, 0.15) is 70.4 Å². The van der Waals surface area contributed by atoms with Crippen molar-refractivity contribution < 1.29 is 9.59 Å². The third-order valence-electron chi connectivity index (χ3n) is 6.14. The lowest BCUT2D eigenvalue weighted by atomic mass is 9.82. The van der Waals surface area contributed by atoms with Crippen molar-refractivity contribution in [2.24, 2.45) is 11.8 Å².